The topological polar surface area (TPSA) is 59.2 Å². The summed E-state index contributed by atoms with van der Waals surface area (Å²) in [6, 6.07) is 1.67. The highest BCUT2D eigenvalue weighted by Gasteiger charge is 2.27. The molecule has 0 bridgehead atoms. The molecular weight excluding hydrogens is 250 g/mol. The van der Waals surface area contributed by atoms with Crippen LogP contribution in [0.3, 0.4) is 0 Å². The summed E-state index contributed by atoms with van der Waals surface area (Å²) >= 11 is 0. The molecule has 0 aromatic carbocycles. The molecule has 0 spiro atoms. The monoisotopic (exact) mass is 269 g/mol. The summed E-state index contributed by atoms with van der Waals surface area (Å²) in [5.41, 5.74) is 6.84. The van der Waals surface area contributed by atoms with E-state index in [0.29, 0.717) is 23.1 Å². The summed E-state index contributed by atoms with van der Waals surface area (Å²) in [7, 11) is 0. The predicted octanol–water partition coefficient (Wildman–Crippen LogP) is 2.20. The van der Waals surface area contributed by atoms with Crippen molar-refractivity contribution in [2.75, 3.05) is 18.8 Å². The van der Waals surface area contributed by atoms with Gasteiger partial charge in [-0.25, -0.2) is 0 Å². The van der Waals surface area contributed by atoms with Crippen LogP contribution in [0.1, 0.15) is 30.6 Å². The Morgan fingerprint density at radius 1 is 1.44 bits per heavy atom. The molecule has 1 saturated heterocycles. The molecule has 100 valence electrons. The zero-order chi connectivity index (χ0) is 12.4. The van der Waals surface area contributed by atoms with Gasteiger partial charge in [-0.3, -0.25) is 9.78 Å². The molecule has 4 nitrogen and oxygen atoms in total. The van der Waals surface area contributed by atoms with Crippen LogP contribution in [0.4, 0.5) is 5.69 Å². The van der Waals surface area contributed by atoms with Gasteiger partial charge >= 0.3 is 0 Å². The van der Waals surface area contributed by atoms with E-state index in [0.717, 1.165) is 19.5 Å². The third-order valence-corrected chi connectivity index (χ3v) is 3.71. The number of hydrogen-bond acceptors (Lipinski definition) is 3. The van der Waals surface area contributed by atoms with E-state index < -0.39 is 0 Å². The highest BCUT2D eigenvalue weighted by molar-refractivity contribution is 5.98. The fourth-order valence-corrected chi connectivity index (χ4v) is 2.20. The van der Waals surface area contributed by atoms with Crippen LogP contribution >= 0.6 is 12.4 Å². The highest BCUT2D eigenvalue weighted by atomic mass is 35.5. The summed E-state index contributed by atoms with van der Waals surface area (Å²) in [5.74, 6) is 1.24. The number of pyridine rings is 1. The van der Waals surface area contributed by atoms with Crippen LogP contribution < -0.4 is 5.73 Å². The van der Waals surface area contributed by atoms with Crippen LogP contribution in [-0.4, -0.2) is 28.9 Å². The Hall–Kier alpha value is -1.29. The molecule has 1 aliphatic rings. The third kappa shape index (κ3) is 2.93. The molecule has 2 atom stereocenters. The number of nitrogen functional groups attached to an aromatic ring is 1. The second-order valence-corrected chi connectivity index (χ2v) is 4.96. The second kappa shape index (κ2) is 6.05. The molecule has 2 heterocycles. The molecule has 0 radical (unpaired) electrons. The highest BCUT2D eigenvalue weighted by Crippen LogP contribution is 2.24. The standard InChI is InChI=1S/C13H19N3O.ClH/c1-9-4-6-16(8-10(9)2)13(17)11-7-15-5-3-12(11)14;/h3,5,7,9-10H,4,6,8H2,1-2H3,(H2,14,15);1H. The zero-order valence-corrected chi connectivity index (χ0v) is 11.6. The molecule has 1 fully saturated rings. The largest absolute Gasteiger partial charge is 0.398 e. The van der Waals surface area contributed by atoms with Gasteiger partial charge in [-0.15, -0.1) is 12.4 Å². The number of nitrogens with zero attached hydrogens (tertiary/aromatic N) is 2. The summed E-state index contributed by atoms with van der Waals surface area (Å²) in [4.78, 5) is 18.1. The summed E-state index contributed by atoms with van der Waals surface area (Å²) < 4.78 is 0. The van der Waals surface area contributed by atoms with E-state index in [1.165, 1.54) is 0 Å². The number of carbonyl (C=O) groups is 1. The maximum Gasteiger partial charge on any atom is 0.257 e. The van der Waals surface area contributed by atoms with Crippen LogP contribution in [0.2, 0.25) is 0 Å². The fraction of sp³-hybridized carbons (Fsp3) is 0.538. The first-order valence-electron chi connectivity index (χ1n) is 6.08. The summed E-state index contributed by atoms with van der Waals surface area (Å²) in [6.45, 7) is 6.06. The van der Waals surface area contributed by atoms with E-state index in [2.05, 4.69) is 18.8 Å². The molecule has 1 aliphatic heterocycles. The molecule has 18 heavy (non-hydrogen) atoms. The Morgan fingerprint density at radius 3 is 2.78 bits per heavy atom. The van der Waals surface area contributed by atoms with Crippen LogP contribution in [0.15, 0.2) is 18.5 Å². The number of piperidine rings is 1. The lowest BCUT2D eigenvalue weighted by Gasteiger charge is -2.35. The molecule has 2 unspecified atom stereocenters. The van der Waals surface area contributed by atoms with Gasteiger partial charge in [0.15, 0.2) is 0 Å². The smallest absolute Gasteiger partial charge is 0.257 e. The quantitative estimate of drug-likeness (QED) is 0.850. The first-order chi connectivity index (χ1) is 8.09. The lowest BCUT2D eigenvalue weighted by atomic mass is 9.88. The Morgan fingerprint density at radius 2 is 2.17 bits per heavy atom. The number of hydrogen-bond donors (Lipinski definition) is 1. The van der Waals surface area contributed by atoms with E-state index in [-0.39, 0.29) is 18.3 Å². The number of nitrogens with two attached hydrogens (primary N) is 1. The van der Waals surface area contributed by atoms with Gasteiger partial charge in [0.1, 0.15) is 0 Å². The minimum absolute atomic E-state index is 0. The average Bonchev–Trinajstić information content (AvgIpc) is 2.32. The van der Waals surface area contributed by atoms with Crippen LogP contribution in [0.5, 0.6) is 0 Å². The van der Waals surface area contributed by atoms with E-state index in [1.54, 1.807) is 18.5 Å². The Labute approximate surface area is 114 Å². The van der Waals surface area contributed by atoms with Crippen LogP contribution in [0.25, 0.3) is 0 Å². The van der Waals surface area contributed by atoms with E-state index in [4.69, 9.17) is 5.73 Å². The number of amides is 1. The lowest BCUT2D eigenvalue weighted by molar-refractivity contribution is 0.0628. The van der Waals surface area contributed by atoms with Crippen molar-refractivity contribution in [3.63, 3.8) is 0 Å². The van der Waals surface area contributed by atoms with Gasteiger partial charge in [-0.1, -0.05) is 13.8 Å². The lowest BCUT2D eigenvalue weighted by Crippen LogP contribution is -2.42. The number of likely N-dealkylation sites (tertiary alicyclic amines) is 1. The normalized spacial score (nSPS) is 23.3. The van der Waals surface area contributed by atoms with E-state index in [1.807, 2.05) is 4.90 Å². The molecule has 1 amide bonds. The third-order valence-electron chi connectivity index (χ3n) is 3.71. The fourth-order valence-electron chi connectivity index (χ4n) is 2.20. The SMILES string of the molecule is CC1CCN(C(=O)c2cnccc2N)CC1C.Cl. The van der Waals surface area contributed by atoms with E-state index >= 15 is 0 Å². The van der Waals surface area contributed by atoms with Crippen molar-refractivity contribution in [1.29, 1.82) is 0 Å². The first kappa shape index (κ1) is 14.8. The summed E-state index contributed by atoms with van der Waals surface area (Å²) in [5, 5.41) is 0. The maximum atomic E-state index is 12.3. The Balaban J connectivity index is 0.00000162. The molecule has 1 aromatic rings. The molecule has 0 saturated carbocycles. The minimum Gasteiger partial charge on any atom is -0.398 e. The van der Waals surface area contributed by atoms with Crippen molar-refractivity contribution in [3.8, 4) is 0 Å². The van der Waals surface area contributed by atoms with Crippen molar-refractivity contribution >= 4 is 24.0 Å². The number of carbonyl (C=O) groups excluding carboxylic acids is 1. The van der Waals surface area contributed by atoms with Crippen molar-refractivity contribution in [2.24, 2.45) is 11.8 Å². The molecule has 2 rings (SSSR count). The Bertz CT molecular complexity index is 424. The predicted molar refractivity (Wildman–Crippen MR) is 74.7 cm³/mol. The van der Waals surface area contributed by atoms with E-state index in [9.17, 15) is 4.79 Å². The number of aromatic nitrogens is 1. The average molecular weight is 270 g/mol. The van der Waals surface area contributed by atoms with Gasteiger partial charge in [0, 0.05) is 31.2 Å². The van der Waals surface area contributed by atoms with Gasteiger partial charge in [-0.05, 0) is 24.3 Å². The molecule has 2 N–H and O–H groups in total. The molecule has 5 heteroatoms. The number of anilines is 1. The first-order valence-corrected chi connectivity index (χ1v) is 6.08. The van der Waals surface area contributed by atoms with Gasteiger partial charge in [-0.2, -0.15) is 0 Å². The number of halogens is 1. The van der Waals surface area contributed by atoms with Crippen molar-refractivity contribution in [1.82, 2.24) is 9.88 Å². The molecule has 1 aromatic heterocycles. The van der Waals surface area contributed by atoms with Gasteiger partial charge in [0.05, 0.1) is 5.56 Å². The number of rotatable bonds is 1. The van der Waals surface area contributed by atoms with Gasteiger partial charge in [0.2, 0.25) is 0 Å². The maximum absolute atomic E-state index is 12.3. The van der Waals surface area contributed by atoms with Crippen molar-refractivity contribution in [2.45, 2.75) is 20.3 Å². The Kier molecular flexibility index (Phi) is 4.96. The summed E-state index contributed by atoms with van der Waals surface area (Å²) in [6.07, 6.45) is 4.22. The van der Waals surface area contributed by atoms with Crippen LogP contribution in [-0.2, 0) is 0 Å². The van der Waals surface area contributed by atoms with Crippen LogP contribution in [0, 0.1) is 11.8 Å². The van der Waals surface area contributed by atoms with Gasteiger partial charge < -0.3 is 10.6 Å². The second-order valence-electron chi connectivity index (χ2n) is 4.96. The van der Waals surface area contributed by atoms with Gasteiger partial charge in [0.25, 0.3) is 5.91 Å². The minimum atomic E-state index is 0. The van der Waals surface area contributed by atoms with Crippen molar-refractivity contribution < 1.29 is 4.79 Å². The zero-order valence-electron chi connectivity index (χ0n) is 10.8. The molecule has 0 aliphatic carbocycles. The van der Waals surface area contributed by atoms with Crippen molar-refractivity contribution in [3.05, 3.63) is 24.0 Å². The molecular formula is C13H20ClN3O.